The lowest BCUT2D eigenvalue weighted by atomic mass is 10.0. The second-order valence-corrected chi connectivity index (χ2v) is 6.03. The number of ether oxygens (including phenoxy) is 2. The Hall–Kier alpha value is -2.07. The third kappa shape index (κ3) is 3.32. The van der Waals surface area contributed by atoms with Crippen LogP contribution >= 0.6 is 0 Å². The number of nitrogens with one attached hydrogen (secondary N) is 1. The summed E-state index contributed by atoms with van der Waals surface area (Å²) in [4.78, 5) is 0. The molecule has 0 unspecified atom stereocenters. The van der Waals surface area contributed by atoms with Crippen LogP contribution in [0.15, 0.2) is 36.4 Å². The molecule has 3 rings (SSSR count). The van der Waals surface area contributed by atoms with Crippen LogP contribution in [-0.2, 0) is 13.0 Å². The van der Waals surface area contributed by atoms with Gasteiger partial charge in [-0.05, 0) is 32.0 Å². The van der Waals surface area contributed by atoms with Crippen LogP contribution < -0.4 is 14.8 Å². The Morgan fingerprint density at radius 1 is 1.35 bits per heavy atom. The van der Waals surface area contributed by atoms with Gasteiger partial charge in [-0.2, -0.15) is 0 Å². The number of hydrogen-bond donors (Lipinski definition) is 1. The molecular formula is C19H22FNO2. The summed E-state index contributed by atoms with van der Waals surface area (Å²) in [6.45, 7) is 4.60. The van der Waals surface area contributed by atoms with Crippen LogP contribution in [0.5, 0.6) is 11.5 Å². The minimum absolute atomic E-state index is 0.0889. The molecular weight excluding hydrogens is 293 g/mol. The summed E-state index contributed by atoms with van der Waals surface area (Å²) in [5.74, 6) is 1.58. The maximum absolute atomic E-state index is 13.8. The Kier molecular flexibility index (Phi) is 4.53. The maximum Gasteiger partial charge on any atom is 0.127 e. The van der Waals surface area contributed by atoms with Crippen molar-refractivity contribution in [3.05, 3.63) is 58.9 Å². The fourth-order valence-electron chi connectivity index (χ4n) is 3.01. The summed E-state index contributed by atoms with van der Waals surface area (Å²) in [5, 5.41) is 3.36. The summed E-state index contributed by atoms with van der Waals surface area (Å²) >= 11 is 0. The minimum Gasteiger partial charge on any atom is -0.496 e. The first-order valence-corrected chi connectivity index (χ1v) is 7.92. The number of hydrogen-bond acceptors (Lipinski definition) is 3. The summed E-state index contributed by atoms with van der Waals surface area (Å²) in [5.41, 5.74) is 2.86. The highest BCUT2D eigenvalue weighted by Gasteiger charge is 2.22. The third-order valence-electron chi connectivity index (χ3n) is 4.27. The lowest BCUT2D eigenvalue weighted by Gasteiger charge is -2.17. The van der Waals surface area contributed by atoms with Crippen molar-refractivity contribution in [3.8, 4) is 11.5 Å². The lowest BCUT2D eigenvalue weighted by molar-refractivity contribution is 0.254. The van der Waals surface area contributed by atoms with Gasteiger partial charge in [0.25, 0.3) is 0 Å². The Morgan fingerprint density at radius 3 is 2.87 bits per heavy atom. The molecule has 0 fully saturated rings. The smallest absolute Gasteiger partial charge is 0.127 e. The van der Waals surface area contributed by atoms with E-state index in [9.17, 15) is 4.39 Å². The van der Waals surface area contributed by atoms with Gasteiger partial charge < -0.3 is 14.8 Å². The maximum atomic E-state index is 13.8. The van der Waals surface area contributed by atoms with Crippen LogP contribution in [0.4, 0.5) is 4.39 Å². The fourth-order valence-corrected chi connectivity index (χ4v) is 3.01. The Balaban J connectivity index is 1.76. The van der Waals surface area contributed by atoms with Gasteiger partial charge in [0.05, 0.1) is 7.11 Å². The van der Waals surface area contributed by atoms with E-state index in [0.717, 1.165) is 23.5 Å². The van der Waals surface area contributed by atoms with Crippen LogP contribution in [-0.4, -0.2) is 13.2 Å². The van der Waals surface area contributed by atoms with Gasteiger partial charge in [-0.25, -0.2) is 4.39 Å². The van der Waals surface area contributed by atoms with Crippen molar-refractivity contribution < 1.29 is 13.9 Å². The molecule has 2 aromatic carbocycles. The summed E-state index contributed by atoms with van der Waals surface area (Å²) in [6, 6.07) is 10.8. The van der Waals surface area contributed by atoms with Crippen molar-refractivity contribution in [3.63, 3.8) is 0 Å². The highest BCUT2D eigenvalue weighted by Crippen LogP contribution is 2.35. The van der Waals surface area contributed by atoms with E-state index in [2.05, 4.69) is 12.2 Å². The molecule has 4 heteroatoms. The normalized spacial score (nSPS) is 17.5. The van der Waals surface area contributed by atoms with Crippen LogP contribution in [0.2, 0.25) is 0 Å². The zero-order valence-electron chi connectivity index (χ0n) is 13.7. The number of rotatable bonds is 5. The predicted octanol–water partition coefficient (Wildman–Crippen LogP) is 4.01. The standard InChI is InChI=1S/C19H22FNO2/c1-12-8-14-9-18(22-3)15(10-19(14)23-12)11-21-13(2)16-6-4-5-7-17(16)20/h4-7,9-10,12-13,21H,8,11H2,1-3H3/t12-,13-/m0/s1. The minimum atomic E-state index is -0.189. The van der Waals surface area contributed by atoms with E-state index in [4.69, 9.17) is 9.47 Å². The molecule has 2 aromatic rings. The fraction of sp³-hybridized carbons (Fsp3) is 0.368. The Bertz CT molecular complexity index is 702. The molecule has 1 heterocycles. The highest BCUT2D eigenvalue weighted by molar-refractivity contribution is 5.48. The van der Waals surface area contributed by atoms with E-state index in [1.165, 1.54) is 11.6 Å². The van der Waals surface area contributed by atoms with Gasteiger partial charge in [-0.3, -0.25) is 0 Å². The first-order chi connectivity index (χ1) is 11.1. The van der Waals surface area contributed by atoms with Crippen LogP contribution in [0.3, 0.4) is 0 Å². The molecule has 0 spiro atoms. The molecule has 1 N–H and O–H groups in total. The quantitative estimate of drug-likeness (QED) is 0.904. The summed E-state index contributed by atoms with van der Waals surface area (Å²) in [7, 11) is 1.67. The zero-order chi connectivity index (χ0) is 16.4. The van der Waals surface area contributed by atoms with Gasteiger partial charge in [0, 0.05) is 35.7 Å². The van der Waals surface area contributed by atoms with Crippen molar-refractivity contribution in [1.82, 2.24) is 5.32 Å². The topological polar surface area (TPSA) is 30.5 Å². The first-order valence-electron chi connectivity index (χ1n) is 7.92. The van der Waals surface area contributed by atoms with Crippen LogP contribution in [0.1, 0.15) is 36.6 Å². The van der Waals surface area contributed by atoms with Gasteiger partial charge >= 0.3 is 0 Å². The van der Waals surface area contributed by atoms with E-state index in [1.807, 2.05) is 25.1 Å². The van der Waals surface area contributed by atoms with E-state index in [1.54, 1.807) is 19.2 Å². The van der Waals surface area contributed by atoms with Gasteiger partial charge in [0.1, 0.15) is 23.4 Å². The lowest BCUT2D eigenvalue weighted by Crippen LogP contribution is -2.19. The molecule has 1 aliphatic heterocycles. The molecule has 1 aliphatic rings. The van der Waals surface area contributed by atoms with Gasteiger partial charge in [-0.1, -0.05) is 18.2 Å². The zero-order valence-corrected chi connectivity index (χ0v) is 13.7. The average Bonchev–Trinajstić information content (AvgIpc) is 2.90. The second-order valence-electron chi connectivity index (χ2n) is 6.03. The molecule has 23 heavy (non-hydrogen) atoms. The molecule has 0 saturated carbocycles. The van der Waals surface area contributed by atoms with Crippen LogP contribution in [0, 0.1) is 5.82 Å². The molecule has 0 aliphatic carbocycles. The van der Waals surface area contributed by atoms with Crippen LogP contribution in [0.25, 0.3) is 0 Å². The summed E-state index contributed by atoms with van der Waals surface area (Å²) < 4.78 is 25.2. The van der Waals surface area contributed by atoms with Gasteiger partial charge in [0.2, 0.25) is 0 Å². The molecule has 122 valence electrons. The van der Waals surface area contributed by atoms with E-state index >= 15 is 0 Å². The van der Waals surface area contributed by atoms with Crippen molar-refractivity contribution in [2.24, 2.45) is 0 Å². The third-order valence-corrected chi connectivity index (χ3v) is 4.27. The second kappa shape index (κ2) is 6.59. The van der Waals surface area contributed by atoms with E-state index in [-0.39, 0.29) is 18.0 Å². The Morgan fingerprint density at radius 2 is 2.13 bits per heavy atom. The van der Waals surface area contributed by atoms with E-state index in [0.29, 0.717) is 12.1 Å². The molecule has 0 bridgehead atoms. The number of methoxy groups -OCH3 is 1. The molecule has 2 atom stereocenters. The highest BCUT2D eigenvalue weighted by atomic mass is 19.1. The Labute approximate surface area is 136 Å². The van der Waals surface area contributed by atoms with E-state index < -0.39 is 0 Å². The average molecular weight is 315 g/mol. The SMILES string of the molecule is COc1cc2c(cc1CN[C@@H](C)c1ccccc1F)O[C@@H](C)C2. The van der Waals surface area contributed by atoms with Crippen molar-refractivity contribution in [1.29, 1.82) is 0 Å². The first kappa shape index (κ1) is 15.8. The van der Waals surface area contributed by atoms with Crippen molar-refractivity contribution in [2.45, 2.75) is 39.0 Å². The number of fused-ring (bicyclic) bond motifs is 1. The molecule has 3 nitrogen and oxygen atoms in total. The van der Waals surface area contributed by atoms with Crippen molar-refractivity contribution >= 4 is 0 Å². The molecule has 0 radical (unpaired) electrons. The summed E-state index contributed by atoms with van der Waals surface area (Å²) in [6.07, 6.45) is 1.11. The largest absolute Gasteiger partial charge is 0.496 e. The molecule has 0 saturated heterocycles. The number of benzene rings is 2. The van der Waals surface area contributed by atoms with Crippen molar-refractivity contribution in [2.75, 3.05) is 7.11 Å². The van der Waals surface area contributed by atoms with Gasteiger partial charge in [-0.15, -0.1) is 0 Å². The number of halogens is 1. The monoisotopic (exact) mass is 315 g/mol. The van der Waals surface area contributed by atoms with Gasteiger partial charge in [0.15, 0.2) is 0 Å². The molecule has 0 amide bonds. The predicted molar refractivity (Wildman–Crippen MR) is 88.4 cm³/mol. The molecule has 0 aromatic heterocycles.